The molecular weight excluding hydrogens is 306 g/mol. The molecule has 0 unspecified atom stereocenters. The molecule has 5 heteroatoms. The molecule has 1 amide bonds. The van der Waals surface area contributed by atoms with Gasteiger partial charge in [0.2, 0.25) is 5.91 Å². The first-order valence-electron chi connectivity index (χ1n) is 7.86. The summed E-state index contributed by atoms with van der Waals surface area (Å²) in [6.07, 6.45) is 1.27. The number of nitrogens with one attached hydrogen (secondary N) is 1. The molecule has 0 aromatic heterocycles. The number of carboxylic acid groups (broad SMARTS) is 1. The number of carbonyl (C=O) groups excluding carboxylic acids is 1. The molecule has 0 saturated carbocycles. The summed E-state index contributed by atoms with van der Waals surface area (Å²) in [5.41, 5.74) is 2.69. The van der Waals surface area contributed by atoms with Crippen LogP contribution in [0.2, 0.25) is 0 Å². The van der Waals surface area contributed by atoms with Gasteiger partial charge in [0.25, 0.3) is 0 Å². The van der Waals surface area contributed by atoms with Crippen LogP contribution in [0.15, 0.2) is 54.6 Å². The van der Waals surface area contributed by atoms with Gasteiger partial charge in [-0.3, -0.25) is 9.59 Å². The summed E-state index contributed by atoms with van der Waals surface area (Å²) < 4.78 is 5.39. The van der Waals surface area contributed by atoms with Crippen LogP contribution in [-0.2, 0) is 27.2 Å². The van der Waals surface area contributed by atoms with E-state index in [1.165, 1.54) is 5.56 Å². The molecule has 0 spiro atoms. The molecule has 2 aromatic carbocycles. The van der Waals surface area contributed by atoms with Crippen molar-refractivity contribution in [3.63, 3.8) is 0 Å². The van der Waals surface area contributed by atoms with Gasteiger partial charge in [0.1, 0.15) is 6.61 Å². The van der Waals surface area contributed by atoms with Crippen LogP contribution in [0.25, 0.3) is 0 Å². The van der Waals surface area contributed by atoms with E-state index in [1.807, 2.05) is 36.4 Å². The van der Waals surface area contributed by atoms with Crippen LogP contribution in [0.5, 0.6) is 0 Å². The fraction of sp³-hybridized carbons (Fsp3) is 0.263. The number of carboxylic acids is 1. The molecule has 0 aliphatic heterocycles. The first-order valence-corrected chi connectivity index (χ1v) is 7.86. The number of aliphatic carboxylic acids is 1. The van der Waals surface area contributed by atoms with E-state index in [1.54, 1.807) is 18.2 Å². The van der Waals surface area contributed by atoms with E-state index in [-0.39, 0.29) is 18.9 Å². The summed E-state index contributed by atoms with van der Waals surface area (Å²) in [4.78, 5) is 22.5. The number of anilines is 1. The molecule has 24 heavy (non-hydrogen) atoms. The lowest BCUT2D eigenvalue weighted by Crippen LogP contribution is -2.19. The van der Waals surface area contributed by atoms with Crippen molar-refractivity contribution in [2.75, 3.05) is 18.5 Å². The number of rotatable bonds is 9. The van der Waals surface area contributed by atoms with Crippen molar-refractivity contribution in [3.05, 3.63) is 65.7 Å². The van der Waals surface area contributed by atoms with Crippen LogP contribution in [0.3, 0.4) is 0 Å². The Morgan fingerprint density at radius 2 is 1.71 bits per heavy atom. The Morgan fingerprint density at radius 1 is 0.958 bits per heavy atom. The quantitative estimate of drug-likeness (QED) is 0.694. The van der Waals surface area contributed by atoms with E-state index in [4.69, 9.17) is 9.84 Å². The zero-order valence-corrected chi connectivity index (χ0v) is 13.4. The van der Waals surface area contributed by atoms with Gasteiger partial charge >= 0.3 is 5.97 Å². The van der Waals surface area contributed by atoms with Crippen molar-refractivity contribution in [3.8, 4) is 0 Å². The van der Waals surface area contributed by atoms with E-state index in [2.05, 4.69) is 5.32 Å². The van der Waals surface area contributed by atoms with Gasteiger partial charge in [-0.25, -0.2) is 0 Å². The monoisotopic (exact) mass is 327 g/mol. The third kappa shape index (κ3) is 6.62. The zero-order chi connectivity index (χ0) is 17.2. The fourth-order valence-corrected chi connectivity index (χ4v) is 2.25. The van der Waals surface area contributed by atoms with Crippen LogP contribution in [-0.4, -0.2) is 30.2 Å². The number of carbonyl (C=O) groups is 2. The summed E-state index contributed by atoms with van der Waals surface area (Å²) in [5, 5.41) is 11.5. The third-order valence-electron chi connectivity index (χ3n) is 3.45. The van der Waals surface area contributed by atoms with E-state index >= 15 is 0 Å². The van der Waals surface area contributed by atoms with E-state index in [0.29, 0.717) is 18.7 Å². The van der Waals surface area contributed by atoms with Gasteiger partial charge in [0.15, 0.2) is 0 Å². The van der Waals surface area contributed by atoms with Crippen LogP contribution in [0.4, 0.5) is 5.69 Å². The SMILES string of the molecule is O=C(O)CCc1cccc(NC(=O)COCCc2ccccc2)c1. The molecule has 0 bridgehead atoms. The molecule has 0 aliphatic rings. The van der Waals surface area contributed by atoms with Gasteiger partial charge in [-0.1, -0.05) is 42.5 Å². The Kier molecular flexibility index (Phi) is 6.98. The average Bonchev–Trinajstić information content (AvgIpc) is 2.58. The Morgan fingerprint density at radius 3 is 2.46 bits per heavy atom. The minimum Gasteiger partial charge on any atom is -0.481 e. The normalized spacial score (nSPS) is 10.3. The van der Waals surface area contributed by atoms with Crippen molar-refractivity contribution >= 4 is 17.6 Å². The summed E-state index contributed by atoms with van der Waals surface area (Å²) in [5.74, 6) is -1.06. The molecule has 126 valence electrons. The number of hydrogen-bond donors (Lipinski definition) is 2. The second-order valence-corrected chi connectivity index (χ2v) is 5.43. The minimum atomic E-state index is -0.837. The first kappa shape index (κ1) is 17.7. The zero-order valence-electron chi connectivity index (χ0n) is 13.4. The van der Waals surface area contributed by atoms with Crippen molar-refractivity contribution in [2.24, 2.45) is 0 Å². The summed E-state index contributed by atoms with van der Waals surface area (Å²) in [6.45, 7) is 0.474. The van der Waals surface area contributed by atoms with Crippen molar-refractivity contribution in [1.82, 2.24) is 0 Å². The van der Waals surface area contributed by atoms with E-state index in [9.17, 15) is 9.59 Å². The highest BCUT2D eigenvalue weighted by Gasteiger charge is 2.05. The molecule has 2 aromatic rings. The first-order chi connectivity index (χ1) is 11.6. The van der Waals surface area contributed by atoms with E-state index < -0.39 is 5.97 Å². The molecule has 2 N–H and O–H groups in total. The fourth-order valence-electron chi connectivity index (χ4n) is 2.25. The molecular formula is C19H21NO4. The highest BCUT2D eigenvalue weighted by Crippen LogP contribution is 2.12. The van der Waals surface area contributed by atoms with Gasteiger partial charge in [-0.2, -0.15) is 0 Å². The number of aryl methyl sites for hydroxylation is 1. The number of benzene rings is 2. The number of amides is 1. The molecule has 5 nitrogen and oxygen atoms in total. The lowest BCUT2D eigenvalue weighted by atomic mass is 10.1. The molecule has 0 atom stereocenters. The Hall–Kier alpha value is -2.66. The van der Waals surface area contributed by atoms with Crippen LogP contribution in [0.1, 0.15) is 17.5 Å². The maximum atomic E-state index is 11.9. The third-order valence-corrected chi connectivity index (χ3v) is 3.45. The number of hydrogen-bond acceptors (Lipinski definition) is 3. The smallest absolute Gasteiger partial charge is 0.303 e. The van der Waals surface area contributed by atoms with Crippen LogP contribution < -0.4 is 5.32 Å². The number of ether oxygens (including phenoxy) is 1. The van der Waals surface area contributed by atoms with Crippen molar-refractivity contribution in [2.45, 2.75) is 19.3 Å². The van der Waals surface area contributed by atoms with Gasteiger partial charge in [-0.15, -0.1) is 0 Å². The molecule has 2 rings (SSSR count). The Balaban J connectivity index is 1.72. The minimum absolute atomic E-state index is 0.00775. The largest absolute Gasteiger partial charge is 0.481 e. The predicted molar refractivity (Wildman–Crippen MR) is 92.0 cm³/mol. The average molecular weight is 327 g/mol. The molecule has 0 fully saturated rings. The summed E-state index contributed by atoms with van der Waals surface area (Å²) in [7, 11) is 0. The van der Waals surface area contributed by atoms with Gasteiger partial charge in [-0.05, 0) is 36.1 Å². The molecule has 0 heterocycles. The predicted octanol–water partition coefficient (Wildman–Crippen LogP) is 2.90. The highest BCUT2D eigenvalue weighted by atomic mass is 16.5. The highest BCUT2D eigenvalue weighted by molar-refractivity contribution is 5.91. The molecule has 0 aliphatic carbocycles. The van der Waals surface area contributed by atoms with Crippen molar-refractivity contribution in [1.29, 1.82) is 0 Å². The maximum Gasteiger partial charge on any atom is 0.303 e. The second-order valence-electron chi connectivity index (χ2n) is 5.43. The van der Waals surface area contributed by atoms with Gasteiger partial charge in [0, 0.05) is 12.1 Å². The topological polar surface area (TPSA) is 75.6 Å². The van der Waals surface area contributed by atoms with Gasteiger partial charge < -0.3 is 15.2 Å². The van der Waals surface area contributed by atoms with Crippen molar-refractivity contribution < 1.29 is 19.4 Å². The Bertz CT molecular complexity index is 670. The summed E-state index contributed by atoms with van der Waals surface area (Å²) >= 11 is 0. The van der Waals surface area contributed by atoms with Crippen LogP contribution in [0, 0.1) is 0 Å². The summed E-state index contributed by atoms with van der Waals surface area (Å²) in [6, 6.07) is 17.1. The van der Waals surface area contributed by atoms with E-state index in [0.717, 1.165) is 12.0 Å². The Labute approximate surface area is 141 Å². The molecule has 0 saturated heterocycles. The molecule has 0 radical (unpaired) electrons. The van der Waals surface area contributed by atoms with Gasteiger partial charge in [0.05, 0.1) is 6.61 Å². The second kappa shape index (κ2) is 9.47. The van der Waals surface area contributed by atoms with Crippen LogP contribution >= 0.6 is 0 Å². The lowest BCUT2D eigenvalue weighted by molar-refractivity contribution is -0.137. The maximum absolute atomic E-state index is 11.9. The lowest BCUT2D eigenvalue weighted by Gasteiger charge is -2.08. The standard InChI is InChI=1S/C19H21NO4/c21-18(14-24-12-11-15-5-2-1-3-6-15)20-17-8-4-7-16(13-17)9-10-19(22)23/h1-8,13H,9-12,14H2,(H,20,21)(H,22,23).